The third-order valence-corrected chi connectivity index (χ3v) is 2.48. The second-order valence-electron chi connectivity index (χ2n) is 2.66. The van der Waals surface area contributed by atoms with Crippen LogP contribution in [0, 0.1) is 0 Å². The van der Waals surface area contributed by atoms with Crippen molar-refractivity contribution in [2.45, 2.75) is 12.2 Å². The van der Waals surface area contributed by atoms with Gasteiger partial charge in [0, 0.05) is 0 Å². The molecule has 78 valence electrons. The summed E-state index contributed by atoms with van der Waals surface area (Å²) in [5.41, 5.74) is 16.2. The summed E-state index contributed by atoms with van der Waals surface area (Å²) in [6, 6.07) is 0. The minimum absolute atomic E-state index is 0.173. The third kappa shape index (κ3) is 3.75. The molecule has 0 aliphatic heterocycles. The monoisotopic (exact) mass is 214 g/mol. The van der Waals surface area contributed by atoms with E-state index in [0.29, 0.717) is 18.1 Å². The number of nitrogens with two attached hydrogens (primary N) is 3. The van der Waals surface area contributed by atoms with Crippen molar-refractivity contribution in [3.63, 3.8) is 0 Å². The molecule has 0 fully saturated rings. The molecule has 0 atom stereocenters. The van der Waals surface area contributed by atoms with E-state index in [-0.39, 0.29) is 11.9 Å². The van der Waals surface area contributed by atoms with Crippen molar-refractivity contribution in [1.29, 1.82) is 0 Å². The predicted molar refractivity (Wildman–Crippen MR) is 58.5 cm³/mol. The summed E-state index contributed by atoms with van der Waals surface area (Å²) in [7, 11) is 0. The molecular weight excluding hydrogens is 200 g/mol. The molecular formula is C7H14N6S. The van der Waals surface area contributed by atoms with Gasteiger partial charge in [-0.2, -0.15) is 26.7 Å². The summed E-state index contributed by atoms with van der Waals surface area (Å²) in [6.07, 6.45) is 0.987. The number of hydrogen-bond acceptors (Lipinski definition) is 7. The van der Waals surface area contributed by atoms with Gasteiger partial charge in [0.05, 0.1) is 5.75 Å². The van der Waals surface area contributed by atoms with Crippen molar-refractivity contribution >= 4 is 23.7 Å². The average Bonchev–Trinajstić information content (AvgIpc) is 2.11. The SMILES string of the molecule is NCCCSCc1nc(N)nc(N)n1. The smallest absolute Gasteiger partial charge is 0.225 e. The van der Waals surface area contributed by atoms with Crippen LogP contribution in [0.1, 0.15) is 12.2 Å². The van der Waals surface area contributed by atoms with Crippen LogP contribution in [0.25, 0.3) is 0 Å². The summed E-state index contributed by atoms with van der Waals surface area (Å²) in [4.78, 5) is 11.6. The molecule has 0 aromatic carbocycles. The van der Waals surface area contributed by atoms with Gasteiger partial charge in [-0.05, 0) is 18.7 Å². The Labute approximate surface area is 86.7 Å². The Morgan fingerprint density at radius 2 is 1.71 bits per heavy atom. The third-order valence-electron chi connectivity index (χ3n) is 1.44. The molecule has 0 saturated heterocycles. The molecule has 6 nitrogen and oxygen atoms in total. The number of thioether (sulfide) groups is 1. The van der Waals surface area contributed by atoms with E-state index >= 15 is 0 Å². The average molecular weight is 214 g/mol. The number of rotatable bonds is 5. The second kappa shape index (κ2) is 5.61. The Balaban J connectivity index is 2.42. The van der Waals surface area contributed by atoms with Crippen LogP contribution in [-0.4, -0.2) is 27.2 Å². The van der Waals surface area contributed by atoms with Crippen LogP contribution in [0.2, 0.25) is 0 Å². The second-order valence-corrected chi connectivity index (χ2v) is 3.77. The Hall–Kier alpha value is -1.08. The van der Waals surface area contributed by atoms with E-state index in [9.17, 15) is 0 Å². The summed E-state index contributed by atoms with van der Waals surface area (Å²) < 4.78 is 0. The van der Waals surface area contributed by atoms with E-state index in [1.807, 2.05) is 0 Å². The molecule has 0 spiro atoms. The standard InChI is InChI=1S/C7H14N6S/c8-2-1-3-14-4-5-11-6(9)13-7(10)12-5/h1-4,8H2,(H4,9,10,11,12,13). The number of anilines is 2. The van der Waals surface area contributed by atoms with Crippen molar-refractivity contribution in [1.82, 2.24) is 15.0 Å². The van der Waals surface area contributed by atoms with Gasteiger partial charge >= 0.3 is 0 Å². The minimum atomic E-state index is 0.173. The Kier molecular flexibility index (Phi) is 4.41. The Morgan fingerprint density at radius 3 is 2.29 bits per heavy atom. The number of nitrogens with zero attached hydrogens (tertiary/aromatic N) is 3. The van der Waals surface area contributed by atoms with Gasteiger partial charge in [-0.1, -0.05) is 0 Å². The summed E-state index contributed by atoms with van der Waals surface area (Å²) in [5, 5.41) is 0. The fraction of sp³-hybridized carbons (Fsp3) is 0.571. The van der Waals surface area contributed by atoms with E-state index in [1.54, 1.807) is 11.8 Å². The molecule has 0 aliphatic rings. The molecule has 14 heavy (non-hydrogen) atoms. The van der Waals surface area contributed by atoms with Gasteiger partial charge < -0.3 is 17.2 Å². The lowest BCUT2D eigenvalue weighted by Crippen LogP contribution is -2.06. The highest BCUT2D eigenvalue weighted by Gasteiger charge is 2.01. The zero-order chi connectivity index (χ0) is 10.4. The first-order chi connectivity index (χ1) is 6.72. The highest BCUT2D eigenvalue weighted by atomic mass is 32.2. The van der Waals surface area contributed by atoms with Crippen LogP contribution < -0.4 is 17.2 Å². The van der Waals surface area contributed by atoms with Gasteiger partial charge in [0.15, 0.2) is 0 Å². The molecule has 1 aromatic rings. The molecule has 0 bridgehead atoms. The van der Waals surface area contributed by atoms with Gasteiger partial charge in [0.1, 0.15) is 5.82 Å². The lowest BCUT2D eigenvalue weighted by Gasteiger charge is -2.01. The topological polar surface area (TPSA) is 117 Å². The van der Waals surface area contributed by atoms with Gasteiger partial charge in [0.25, 0.3) is 0 Å². The van der Waals surface area contributed by atoms with Crippen molar-refractivity contribution in [3.8, 4) is 0 Å². The van der Waals surface area contributed by atoms with Gasteiger partial charge in [-0.25, -0.2) is 0 Å². The summed E-state index contributed by atoms with van der Waals surface area (Å²) >= 11 is 1.70. The first-order valence-corrected chi connectivity index (χ1v) is 5.41. The van der Waals surface area contributed by atoms with E-state index in [0.717, 1.165) is 12.2 Å². The lowest BCUT2D eigenvalue weighted by atomic mass is 10.5. The first kappa shape index (κ1) is 11.0. The highest BCUT2D eigenvalue weighted by molar-refractivity contribution is 7.98. The normalized spacial score (nSPS) is 10.4. The fourth-order valence-electron chi connectivity index (χ4n) is 0.870. The van der Waals surface area contributed by atoms with E-state index in [4.69, 9.17) is 17.2 Å². The molecule has 0 aliphatic carbocycles. The van der Waals surface area contributed by atoms with Crippen LogP contribution in [0.3, 0.4) is 0 Å². The number of nitrogen functional groups attached to an aromatic ring is 2. The molecule has 7 heteroatoms. The molecule has 6 N–H and O–H groups in total. The molecule has 0 amide bonds. The summed E-state index contributed by atoms with van der Waals surface area (Å²) in [5.74, 6) is 2.65. The van der Waals surface area contributed by atoms with E-state index in [2.05, 4.69) is 15.0 Å². The van der Waals surface area contributed by atoms with Crippen molar-refractivity contribution in [2.75, 3.05) is 23.8 Å². The van der Waals surface area contributed by atoms with E-state index in [1.165, 1.54) is 0 Å². The van der Waals surface area contributed by atoms with Crippen molar-refractivity contribution in [2.24, 2.45) is 5.73 Å². The van der Waals surface area contributed by atoms with Gasteiger partial charge in [-0.15, -0.1) is 0 Å². The lowest BCUT2D eigenvalue weighted by molar-refractivity contribution is 0.938. The zero-order valence-corrected chi connectivity index (χ0v) is 8.63. The van der Waals surface area contributed by atoms with Crippen LogP contribution >= 0.6 is 11.8 Å². The first-order valence-electron chi connectivity index (χ1n) is 4.26. The Morgan fingerprint density at radius 1 is 1.07 bits per heavy atom. The van der Waals surface area contributed by atoms with Crippen molar-refractivity contribution < 1.29 is 0 Å². The number of hydrogen-bond donors (Lipinski definition) is 3. The van der Waals surface area contributed by atoms with Crippen LogP contribution in [-0.2, 0) is 5.75 Å². The fourth-order valence-corrected chi connectivity index (χ4v) is 1.70. The maximum atomic E-state index is 5.42. The van der Waals surface area contributed by atoms with Gasteiger partial charge in [-0.3, -0.25) is 0 Å². The molecule has 1 rings (SSSR count). The molecule has 0 saturated carbocycles. The van der Waals surface area contributed by atoms with E-state index < -0.39 is 0 Å². The predicted octanol–water partition coefficient (Wildman–Crippen LogP) is -0.382. The number of aromatic nitrogens is 3. The Bertz CT molecular complexity index is 271. The highest BCUT2D eigenvalue weighted by Crippen LogP contribution is 2.10. The molecule has 0 unspecified atom stereocenters. The molecule has 0 radical (unpaired) electrons. The van der Waals surface area contributed by atoms with Crippen LogP contribution in [0.15, 0.2) is 0 Å². The summed E-state index contributed by atoms with van der Waals surface area (Å²) in [6.45, 7) is 0.703. The van der Waals surface area contributed by atoms with Crippen LogP contribution in [0.5, 0.6) is 0 Å². The zero-order valence-electron chi connectivity index (χ0n) is 7.81. The largest absolute Gasteiger partial charge is 0.368 e. The maximum absolute atomic E-state index is 5.42. The van der Waals surface area contributed by atoms with Crippen molar-refractivity contribution in [3.05, 3.63) is 5.82 Å². The van der Waals surface area contributed by atoms with Crippen LogP contribution in [0.4, 0.5) is 11.9 Å². The molecule has 1 heterocycles. The maximum Gasteiger partial charge on any atom is 0.225 e. The minimum Gasteiger partial charge on any atom is -0.368 e. The quantitative estimate of drug-likeness (QED) is 0.572. The molecule has 1 aromatic heterocycles. The van der Waals surface area contributed by atoms with Gasteiger partial charge in [0.2, 0.25) is 11.9 Å².